The van der Waals surface area contributed by atoms with E-state index in [-0.39, 0.29) is 11.8 Å². The van der Waals surface area contributed by atoms with Crippen LogP contribution >= 0.6 is 0 Å². The lowest BCUT2D eigenvalue weighted by molar-refractivity contribution is -0.144. The Bertz CT molecular complexity index is 750. The summed E-state index contributed by atoms with van der Waals surface area (Å²) in [6.45, 7) is 7.59. The van der Waals surface area contributed by atoms with E-state index in [0.717, 1.165) is 17.1 Å². The molecule has 0 saturated carbocycles. The molecule has 1 amide bonds. The van der Waals surface area contributed by atoms with Gasteiger partial charge in [-0.15, -0.1) is 0 Å². The second kappa shape index (κ2) is 7.29. The monoisotopic (exact) mass is 329 g/mol. The molecule has 24 heavy (non-hydrogen) atoms. The standard InChI is InChI=1S/C18H23N3O3/c1-11(2)16(18(23)24-5)19-17(22)14-7-6-8-15(10-14)21-13(4)9-12(3)20-21/h6-11,16H,1-5H3,(H,19,22). The maximum Gasteiger partial charge on any atom is 0.328 e. The van der Waals surface area contributed by atoms with Crippen molar-refractivity contribution in [3.63, 3.8) is 0 Å². The second-order valence-electron chi connectivity index (χ2n) is 6.11. The quantitative estimate of drug-likeness (QED) is 0.855. The van der Waals surface area contributed by atoms with Gasteiger partial charge in [0.25, 0.3) is 5.91 Å². The average Bonchev–Trinajstić information content (AvgIpc) is 2.90. The predicted octanol–water partition coefficient (Wildman–Crippen LogP) is 2.42. The van der Waals surface area contributed by atoms with Crippen molar-refractivity contribution in [1.29, 1.82) is 0 Å². The number of aryl methyl sites for hydroxylation is 2. The summed E-state index contributed by atoms with van der Waals surface area (Å²) in [6.07, 6.45) is 0. The minimum Gasteiger partial charge on any atom is -0.467 e. The number of carbonyl (C=O) groups excluding carboxylic acids is 2. The van der Waals surface area contributed by atoms with Gasteiger partial charge in [-0.1, -0.05) is 19.9 Å². The maximum absolute atomic E-state index is 12.5. The molecule has 0 aliphatic heterocycles. The zero-order valence-electron chi connectivity index (χ0n) is 14.7. The van der Waals surface area contributed by atoms with Crippen molar-refractivity contribution in [2.45, 2.75) is 33.7 Å². The molecule has 1 aromatic carbocycles. The lowest BCUT2D eigenvalue weighted by Gasteiger charge is -2.20. The minimum absolute atomic E-state index is 0.0689. The zero-order chi connectivity index (χ0) is 17.9. The Morgan fingerprint density at radius 1 is 1.21 bits per heavy atom. The summed E-state index contributed by atoms with van der Waals surface area (Å²) in [7, 11) is 1.31. The van der Waals surface area contributed by atoms with E-state index in [1.807, 2.05) is 39.8 Å². The maximum atomic E-state index is 12.5. The number of esters is 1. The first-order valence-corrected chi connectivity index (χ1v) is 7.86. The van der Waals surface area contributed by atoms with Crippen molar-refractivity contribution >= 4 is 11.9 Å². The van der Waals surface area contributed by atoms with Gasteiger partial charge in [0.1, 0.15) is 6.04 Å². The van der Waals surface area contributed by atoms with Crippen LogP contribution in [0.3, 0.4) is 0 Å². The normalized spacial score (nSPS) is 12.1. The molecule has 0 aliphatic rings. The summed E-state index contributed by atoms with van der Waals surface area (Å²) >= 11 is 0. The van der Waals surface area contributed by atoms with Gasteiger partial charge in [0, 0.05) is 11.3 Å². The number of nitrogens with zero attached hydrogens (tertiary/aromatic N) is 2. The van der Waals surface area contributed by atoms with Gasteiger partial charge >= 0.3 is 5.97 Å². The number of carbonyl (C=O) groups is 2. The highest BCUT2D eigenvalue weighted by Gasteiger charge is 2.25. The summed E-state index contributed by atoms with van der Waals surface area (Å²) in [6, 6.07) is 8.43. The van der Waals surface area contributed by atoms with Crippen molar-refractivity contribution in [3.05, 3.63) is 47.3 Å². The third-order valence-electron chi connectivity index (χ3n) is 3.77. The molecule has 0 spiro atoms. The van der Waals surface area contributed by atoms with E-state index in [2.05, 4.69) is 10.4 Å². The number of rotatable bonds is 5. The van der Waals surface area contributed by atoms with Gasteiger partial charge in [0.05, 0.1) is 18.5 Å². The molecule has 1 aromatic heterocycles. The molecule has 128 valence electrons. The number of hydrogen-bond donors (Lipinski definition) is 1. The molecule has 0 radical (unpaired) electrons. The number of ether oxygens (including phenoxy) is 1. The highest BCUT2D eigenvalue weighted by molar-refractivity contribution is 5.97. The smallest absolute Gasteiger partial charge is 0.328 e. The van der Waals surface area contributed by atoms with E-state index >= 15 is 0 Å². The van der Waals surface area contributed by atoms with Crippen LogP contribution in [0.4, 0.5) is 0 Å². The third kappa shape index (κ3) is 3.82. The Balaban J connectivity index is 2.26. The van der Waals surface area contributed by atoms with Gasteiger partial charge in [0.15, 0.2) is 0 Å². The topological polar surface area (TPSA) is 73.2 Å². The van der Waals surface area contributed by atoms with Gasteiger partial charge in [0.2, 0.25) is 0 Å². The highest BCUT2D eigenvalue weighted by atomic mass is 16.5. The lowest BCUT2D eigenvalue weighted by Crippen LogP contribution is -2.45. The molecule has 2 rings (SSSR count). The van der Waals surface area contributed by atoms with Gasteiger partial charge in [-0.05, 0) is 44.0 Å². The molecule has 6 nitrogen and oxygen atoms in total. The summed E-state index contributed by atoms with van der Waals surface area (Å²) in [5.41, 5.74) is 3.16. The van der Waals surface area contributed by atoms with Crippen LogP contribution in [0.5, 0.6) is 0 Å². The van der Waals surface area contributed by atoms with Crippen LogP contribution in [0.2, 0.25) is 0 Å². The fraction of sp³-hybridized carbons (Fsp3) is 0.389. The second-order valence-corrected chi connectivity index (χ2v) is 6.11. The van der Waals surface area contributed by atoms with Crippen LogP contribution in [-0.4, -0.2) is 34.8 Å². The Hall–Kier alpha value is -2.63. The molecule has 0 aliphatic carbocycles. The number of nitrogens with one attached hydrogen (secondary N) is 1. The summed E-state index contributed by atoms with van der Waals surface area (Å²) < 4.78 is 6.54. The van der Waals surface area contributed by atoms with Crippen LogP contribution in [-0.2, 0) is 9.53 Å². The largest absolute Gasteiger partial charge is 0.467 e. The van der Waals surface area contributed by atoms with Gasteiger partial charge in [-0.3, -0.25) is 4.79 Å². The van der Waals surface area contributed by atoms with Crippen LogP contribution in [0, 0.1) is 19.8 Å². The molecule has 1 atom stereocenters. The molecule has 1 heterocycles. The molecule has 1 N–H and O–H groups in total. The molecule has 0 saturated heterocycles. The van der Waals surface area contributed by atoms with Crippen molar-refractivity contribution in [3.8, 4) is 5.69 Å². The number of benzene rings is 1. The molecule has 0 bridgehead atoms. The fourth-order valence-corrected chi connectivity index (χ4v) is 2.52. The van der Waals surface area contributed by atoms with E-state index in [0.29, 0.717) is 5.56 Å². The van der Waals surface area contributed by atoms with E-state index in [1.54, 1.807) is 22.9 Å². The zero-order valence-corrected chi connectivity index (χ0v) is 14.7. The first-order valence-electron chi connectivity index (χ1n) is 7.86. The summed E-state index contributed by atoms with van der Waals surface area (Å²) in [5.74, 6) is -0.837. The van der Waals surface area contributed by atoms with Crippen LogP contribution < -0.4 is 5.32 Å². The Labute approximate surface area is 141 Å². The van der Waals surface area contributed by atoms with Crippen LogP contribution in [0.1, 0.15) is 35.6 Å². The molecule has 1 unspecified atom stereocenters. The molecule has 0 fully saturated rings. The van der Waals surface area contributed by atoms with Gasteiger partial charge < -0.3 is 10.1 Å². The lowest BCUT2D eigenvalue weighted by atomic mass is 10.0. The van der Waals surface area contributed by atoms with Gasteiger partial charge in [-0.25, -0.2) is 9.48 Å². The average molecular weight is 329 g/mol. The van der Waals surface area contributed by atoms with E-state index in [4.69, 9.17) is 4.74 Å². The number of methoxy groups -OCH3 is 1. The van der Waals surface area contributed by atoms with Crippen LogP contribution in [0.25, 0.3) is 5.69 Å². The predicted molar refractivity (Wildman–Crippen MR) is 91.1 cm³/mol. The molecular formula is C18H23N3O3. The van der Waals surface area contributed by atoms with Crippen LogP contribution in [0.15, 0.2) is 30.3 Å². The minimum atomic E-state index is -0.681. The fourth-order valence-electron chi connectivity index (χ4n) is 2.52. The summed E-state index contributed by atoms with van der Waals surface area (Å²) in [4.78, 5) is 24.3. The van der Waals surface area contributed by atoms with Gasteiger partial charge in [-0.2, -0.15) is 5.10 Å². The third-order valence-corrected chi connectivity index (χ3v) is 3.77. The number of amides is 1. The first-order chi connectivity index (χ1) is 11.3. The highest BCUT2D eigenvalue weighted by Crippen LogP contribution is 2.14. The first kappa shape index (κ1) is 17.7. The summed E-state index contributed by atoms with van der Waals surface area (Å²) in [5, 5.41) is 7.16. The Morgan fingerprint density at radius 2 is 1.92 bits per heavy atom. The number of aromatic nitrogens is 2. The van der Waals surface area contributed by atoms with E-state index < -0.39 is 12.0 Å². The van der Waals surface area contributed by atoms with Crippen molar-refractivity contribution in [2.24, 2.45) is 5.92 Å². The Morgan fingerprint density at radius 3 is 2.46 bits per heavy atom. The van der Waals surface area contributed by atoms with E-state index in [9.17, 15) is 9.59 Å². The van der Waals surface area contributed by atoms with Crippen molar-refractivity contribution < 1.29 is 14.3 Å². The van der Waals surface area contributed by atoms with E-state index in [1.165, 1.54) is 7.11 Å². The Kier molecular flexibility index (Phi) is 5.39. The van der Waals surface area contributed by atoms with Crippen molar-refractivity contribution in [2.75, 3.05) is 7.11 Å². The van der Waals surface area contributed by atoms with Crippen molar-refractivity contribution in [1.82, 2.24) is 15.1 Å². The molecule has 2 aromatic rings. The SMILES string of the molecule is COC(=O)C(NC(=O)c1cccc(-n2nc(C)cc2C)c1)C(C)C. The number of hydrogen-bond acceptors (Lipinski definition) is 4. The molecular weight excluding hydrogens is 306 g/mol. The molecule has 6 heteroatoms.